The van der Waals surface area contributed by atoms with Crippen LogP contribution < -0.4 is 0 Å². The summed E-state index contributed by atoms with van der Waals surface area (Å²) in [6.45, 7) is 0. The first-order chi connectivity index (χ1) is 4.15. The van der Waals surface area contributed by atoms with Gasteiger partial charge in [0.15, 0.2) is 0 Å². The van der Waals surface area contributed by atoms with Gasteiger partial charge in [-0.15, -0.1) is 0 Å². The minimum Gasteiger partial charge on any atom is -0.586 e. The van der Waals surface area contributed by atoms with E-state index in [1.807, 2.05) is 0 Å². The van der Waals surface area contributed by atoms with Crippen molar-refractivity contribution in [3.05, 3.63) is 0 Å². The highest BCUT2D eigenvalue weighted by Gasteiger charge is 2.32. The summed E-state index contributed by atoms with van der Waals surface area (Å²) in [4.78, 5) is 0. The largest absolute Gasteiger partial charge is 0.586 e. The molecule has 0 bridgehead atoms. The van der Waals surface area contributed by atoms with Crippen LogP contribution in [0.25, 0.3) is 0 Å². The van der Waals surface area contributed by atoms with Crippen molar-refractivity contribution in [1.29, 1.82) is 0 Å². The van der Waals surface area contributed by atoms with Crippen molar-refractivity contribution in [3.8, 4) is 0 Å². The van der Waals surface area contributed by atoms with Crippen molar-refractivity contribution >= 4 is 27.0 Å². The second-order valence-electron chi connectivity index (χ2n) is 1.61. The van der Waals surface area contributed by atoms with E-state index in [2.05, 4.69) is 0 Å². The van der Waals surface area contributed by atoms with E-state index in [1.54, 1.807) is 0 Å². The molecular weight excluding hydrogens is 200 g/mol. The van der Waals surface area contributed by atoms with Crippen molar-refractivity contribution in [2.24, 2.45) is 0 Å². The Morgan fingerprint density at radius 3 is 1.20 bits per heavy atom. The fourth-order valence-corrected chi connectivity index (χ4v) is 6.06. The Bertz CT molecular complexity index is 264. The second kappa shape index (κ2) is 2.68. The third kappa shape index (κ3) is 2.86. The zero-order chi connectivity index (χ0) is 8.58. The van der Waals surface area contributed by atoms with Gasteiger partial charge in [-0.2, -0.15) is 16.8 Å². The Balaban J connectivity index is 4.94. The summed E-state index contributed by atoms with van der Waals surface area (Å²) in [7, 11) is -10.8. The minimum absolute atomic E-state index is 0.601. The van der Waals surface area contributed by atoms with Crippen molar-refractivity contribution in [2.75, 3.05) is 12.5 Å². The van der Waals surface area contributed by atoms with Crippen LogP contribution in [0.15, 0.2) is 0 Å². The van der Waals surface area contributed by atoms with Crippen LogP contribution in [0.5, 0.6) is 0 Å². The third-order valence-corrected chi connectivity index (χ3v) is 8.90. The molecule has 0 radical (unpaired) electrons. The highest BCUT2D eigenvalue weighted by molar-refractivity contribution is 8.99. The van der Waals surface area contributed by atoms with Crippen molar-refractivity contribution in [1.82, 2.24) is 0 Å². The molecule has 0 amide bonds. The van der Waals surface area contributed by atoms with Gasteiger partial charge in [0.2, 0.25) is 9.24 Å². The molecule has 10 heavy (non-hydrogen) atoms. The highest BCUT2D eigenvalue weighted by atomic mass is 33.6. The molecule has 8 heteroatoms. The Hall–Kier alpha value is 0.210. The fraction of sp³-hybridized carbons (Fsp3) is 1.00. The maximum Gasteiger partial charge on any atom is 0.326 e. The molecule has 0 saturated carbocycles. The number of rotatable bonds is 2. The molecular formula is C2H6O5S3. The van der Waals surface area contributed by atoms with Gasteiger partial charge < -0.3 is 4.55 Å². The van der Waals surface area contributed by atoms with E-state index in [4.69, 9.17) is 0 Å². The lowest BCUT2D eigenvalue weighted by molar-refractivity contribution is 0.582. The number of hydrogen-bond donors (Lipinski definition) is 0. The van der Waals surface area contributed by atoms with Crippen LogP contribution in [0, 0.1) is 0 Å². The average Bonchev–Trinajstić information content (AvgIpc) is 1.59. The van der Waals surface area contributed by atoms with Crippen molar-refractivity contribution in [3.63, 3.8) is 0 Å². The zero-order valence-electron chi connectivity index (χ0n) is 5.27. The van der Waals surface area contributed by atoms with Gasteiger partial charge in [0.1, 0.15) is 0 Å². The maximum atomic E-state index is 10.4. The summed E-state index contributed by atoms with van der Waals surface area (Å²) in [5.41, 5.74) is 0. The Kier molecular flexibility index (Phi) is 2.74. The van der Waals surface area contributed by atoms with Crippen LogP contribution in [-0.4, -0.2) is 33.9 Å². The monoisotopic (exact) mass is 206 g/mol. The van der Waals surface area contributed by atoms with E-state index in [9.17, 15) is 21.4 Å². The Morgan fingerprint density at radius 2 is 1.20 bits per heavy atom. The van der Waals surface area contributed by atoms with E-state index in [0.29, 0.717) is 12.5 Å². The van der Waals surface area contributed by atoms with Gasteiger partial charge >= 0.3 is 17.7 Å². The Morgan fingerprint density at radius 1 is 1.00 bits per heavy atom. The van der Waals surface area contributed by atoms with Crippen molar-refractivity contribution < 1.29 is 21.4 Å². The van der Waals surface area contributed by atoms with E-state index in [0.717, 1.165) is 0 Å². The minimum atomic E-state index is -3.98. The third-order valence-electron chi connectivity index (χ3n) is 0.494. The van der Waals surface area contributed by atoms with Crippen LogP contribution in [0.3, 0.4) is 0 Å². The SMILES string of the molecule is CS(=O)(=O)[S+]([O-])S(C)(=O)=O. The topological polar surface area (TPSA) is 91.3 Å². The molecule has 0 aromatic heterocycles. The zero-order valence-corrected chi connectivity index (χ0v) is 7.72. The van der Waals surface area contributed by atoms with Gasteiger partial charge in [-0.05, 0) is 0 Å². The van der Waals surface area contributed by atoms with Crippen LogP contribution in [-0.2, 0) is 27.0 Å². The van der Waals surface area contributed by atoms with Crippen LogP contribution >= 0.6 is 0 Å². The summed E-state index contributed by atoms with van der Waals surface area (Å²) in [6, 6.07) is 0. The van der Waals surface area contributed by atoms with Gasteiger partial charge in [0.05, 0.1) is 12.5 Å². The van der Waals surface area contributed by atoms with E-state index in [1.165, 1.54) is 0 Å². The summed E-state index contributed by atoms with van der Waals surface area (Å²) in [6.07, 6.45) is 1.20. The maximum absolute atomic E-state index is 10.4. The first kappa shape index (κ1) is 10.2. The molecule has 0 N–H and O–H groups in total. The van der Waals surface area contributed by atoms with E-state index >= 15 is 0 Å². The average molecular weight is 206 g/mol. The predicted molar refractivity (Wildman–Crippen MR) is 37.8 cm³/mol. The molecule has 0 unspecified atom stereocenters. The molecule has 0 aliphatic heterocycles. The summed E-state index contributed by atoms with van der Waals surface area (Å²) in [5.74, 6) is 0. The lowest BCUT2D eigenvalue weighted by Crippen LogP contribution is -2.22. The standard InChI is InChI=1S/C2H6O5S3/c1-9(4,5)8(3)10(2,6)7/h1-2H3. The molecule has 0 fully saturated rings. The van der Waals surface area contributed by atoms with E-state index < -0.39 is 27.0 Å². The van der Waals surface area contributed by atoms with Gasteiger partial charge in [0, 0.05) is 0 Å². The predicted octanol–water partition coefficient (Wildman–Crippen LogP) is -1.35. The van der Waals surface area contributed by atoms with Gasteiger partial charge in [-0.1, -0.05) is 0 Å². The molecule has 0 aromatic carbocycles. The fourth-order valence-electron chi connectivity index (χ4n) is 0.225. The quantitative estimate of drug-likeness (QED) is 0.411. The van der Waals surface area contributed by atoms with Crippen LogP contribution in [0.2, 0.25) is 0 Å². The first-order valence-corrected chi connectivity index (χ1v) is 7.95. The highest BCUT2D eigenvalue weighted by Crippen LogP contribution is 2.07. The lowest BCUT2D eigenvalue weighted by Gasteiger charge is -2.01. The summed E-state index contributed by atoms with van der Waals surface area (Å²) in [5, 5.41) is 0. The molecule has 0 aromatic rings. The van der Waals surface area contributed by atoms with Crippen molar-refractivity contribution in [2.45, 2.75) is 0 Å². The van der Waals surface area contributed by atoms with E-state index in [-0.39, 0.29) is 0 Å². The molecule has 0 spiro atoms. The van der Waals surface area contributed by atoms with Crippen LogP contribution in [0.1, 0.15) is 0 Å². The van der Waals surface area contributed by atoms with Crippen LogP contribution in [0.4, 0.5) is 0 Å². The lowest BCUT2D eigenvalue weighted by atomic mass is 12.0. The normalized spacial score (nSPS) is 14.0. The summed E-state index contributed by atoms with van der Waals surface area (Å²) < 4.78 is 51.6. The van der Waals surface area contributed by atoms with Gasteiger partial charge in [-0.3, -0.25) is 0 Å². The molecule has 0 saturated heterocycles. The molecule has 0 heterocycles. The first-order valence-electron chi connectivity index (χ1n) is 1.98. The van der Waals surface area contributed by atoms with Gasteiger partial charge in [-0.25, -0.2) is 0 Å². The Labute approximate surface area is 61.2 Å². The smallest absolute Gasteiger partial charge is 0.326 e. The molecule has 5 nitrogen and oxygen atoms in total. The molecule has 0 aliphatic rings. The number of hydrogen-bond acceptors (Lipinski definition) is 5. The molecule has 0 aliphatic carbocycles. The molecule has 0 atom stereocenters. The second-order valence-corrected chi connectivity index (χ2v) is 10.9. The molecule has 62 valence electrons. The van der Waals surface area contributed by atoms with Gasteiger partial charge in [0.25, 0.3) is 0 Å². The molecule has 0 rings (SSSR count). The summed E-state index contributed by atoms with van der Waals surface area (Å²) >= 11 is 0.